The minimum Gasteiger partial charge on any atom is -0.322 e. The second kappa shape index (κ2) is 4.34. The highest BCUT2D eigenvalue weighted by Crippen LogP contribution is 2.20. The van der Waals surface area contributed by atoms with Crippen LogP contribution in [0.3, 0.4) is 0 Å². The van der Waals surface area contributed by atoms with E-state index < -0.39 is 0 Å². The zero-order valence-corrected chi connectivity index (χ0v) is 10.00. The van der Waals surface area contributed by atoms with Crippen LogP contribution in [0.2, 0.25) is 5.02 Å². The van der Waals surface area contributed by atoms with E-state index in [1.807, 2.05) is 12.1 Å². The maximum Gasteiger partial charge on any atom is 0.248 e. The summed E-state index contributed by atoms with van der Waals surface area (Å²) in [5.74, 6) is 0. The van der Waals surface area contributed by atoms with Gasteiger partial charge in [-0.25, -0.2) is 0 Å². The van der Waals surface area contributed by atoms with Gasteiger partial charge in [0.2, 0.25) is 5.56 Å². The van der Waals surface area contributed by atoms with E-state index in [-0.39, 0.29) is 5.56 Å². The van der Waals surface area contributed by atoms with Crippen LogP contribution in [-0.4, -0.2) is 11.1 Å². The highest BCUT2D eigenvalue weighted by molar-refractivity contribution is 7.16. The summed E-state index contributed by atoms with van der Waals surface area (Å²) >= 11 is 5.87. The van der Waals surface area contributed by atoms with Gasteiger partial charge in [-0.15, -0.1) is 9.24 Å². The molecule has 0 spiro atoms. The first-order valence-electron chi connectivity index (χ1n) is 4.72. The quantitative estimate of drug-likeness (QED) is 0.803. The third-order valence-electron chi connectivity index (χ3n) is 2.30. The molecule has 1 unspecified atom stereocenters. The number of pyridine rings is 1. The van der Waals surface area contributed by atoms with Crippen molar-refractivity contribution in [3.05, 3.63) is 45.2 Å². The van der Waals surface area contributed by atoms with Crippen molar-refractivity contribution in [2.75, 3.05) is 6.16 Å². The molecule has 0 aliphatic heterocycles. The van der Waals surface area contributed by atoms with Crippen molar-refractivity contribution in [1.82, 2.24) is 4.98 Å². The number of fused-ring (bicyclic) bond motifs is 1. The highest BCUT2D eigenvalue weighted by Gasteiger charge is 2.02. The van der Waals surface area contributed by atoms with Crippen LogP contribution in [-0.2, 0) is 6.42 Å². The van der Waals surface area contributed by atoms with E-state index >= 15 is 0 Å². The topological polar surface area (TPSA) is 32.9 Å². The van der Waals surface area contributed by atoms with Gasteiger partial charge >= 0.3 is 0 Å². The number of hydrogen-bond donors (Lipinski definition) is 1. The van der Waals surface area contributed by atoms with Gasteiger partial charge in [0.1, 0.15) is 0 Å². The molecule has 0 aliphatic carbocycles. The van der Waals surface area contributed by atoms with Crippen LogP contribution in [0.15, 0.2) is 29.1 Å². The van der Waals surface area contributed by atoms with E-state index in [2.05, 4.69) is 14.2 Å². The number of nitrogens with one attached hydrogen (secondary N) is 1. The summed E-state index contributed by atoms with van der Waals surface area (Å²) in [4.78, 5) is 14.2. The average molecular weight is 240 g/mol. The molecule has 1 heterocycles. The Morgan fingerprint density at radius 2 is 2.13 bits per heavy atom. The lowest BCUT2D eigenvalue weighted by molar-refractivity contribution is 1.15. The number of rotatable bonds is 2. The van der Waals surface area contributed by atoms with Crippen molar-refractivity contribution in [2.45, 2.75) is 6.42 Å². The van der Waals surface area contributed by atoms with Crippen LogP contribution < -0.4 is 5.56 Å². The average Bonchev–Trinajstić information content (AvgIpc) is 2.17. The molecule has 0 radical (unpaired) electrons. The first-order valence-corrected chi connectivity index (χ1v) is 5.91. The van der Waals surface area contributed by atoms with Crippen molar-refractivity contribution in [3.63, 3.8) is 0 Å². The van der Waals surface area contributed by atoms with Gasteiger partial charge in [0.15, 0.2) is 0 Å². The Kier molecular flexibility index (Phi) is 3.08. The van der Waals surface area contributed by atoms with Gasteiger partial charge in [-0.3, -0.25) is 4.79 Å². The smallest absolute Gasteiger partial charge is 0.248 e. The van der Waals surface area contributed by atoms with Gasteiger partial charge in [0.05, 0.1) is 5.52 Å². The third-order valence-corrected chi connectivity index (χ3v) is 2.83. The van der Waals surface area contributed by atoms with Gasteiger partial charge in [0, 0.05) is 16.5 Å². The van der Waals surface area contributed by atoms with E-state index in [4.69, 9.17) is 11.6 Å². The van der Waals surface area contributed by atoms with Crippen molar-refractivity contribution < 1.29 is 0 Å². The molecule has 1 N–H and O–H groups in total. The first kappa shape index (κ1) is 10.7. The van der Waals surface area contributed by atoms with Crippen LogP contribution in [0.25, 0.3) is 10.9 Å². The third kappa shape index (κ3) is 2.22. The lowest BCUT2D eigenvalue weighted by Crippen LogP contribution is -2.06. The zero-order chi connectivity index (χ0) is 10.8. The Labute approximate surface area is 94.9 Å². The molecule has 0 bridgehead atoms. The Hall–Kier alpha value is -0.850. The lowest BCUT2D eigenvalue weighted by atomic mass is 10.1. The SMILES string of the molecule is O=c1cc(CCP)c2ccc(Cl)cc2[nH]1. The molecule has 0 fully saturated rings. The maximum absolute atomic E-state index is 11.4. The number of hydrogen-bond acceptors (Lipinski definition) is 1. The van der Waals surface area contributed by atoms with Gasteiger partial charge in [-0.1, -0.05) is 17.7 Å². The van der Waals surface area contributed by atoms with Crippen LogP contribution in [0, 0.1) is 0 Å². The van der Waals surface area contributed by atoms with Crippen LogP contribution in [0.4, 0.5) is 0 Å². The second-order valence-corrected chi connectivity index (χ2v) is 4.40. The fourth-order valence-electron chi connectivity index (χ4n) is 1.67. The standard InChI is InChI=1S/C11H11ClNOP/c12-8-1-2-9-7(3-4-15)5-11(14)13-10(9)6-8/h1-2,5-6H,3-4,15H2,(H,13,14). The number of aromatic amines is 1. The minimum atomic E-state index is -0.0711. The number of aryl methyl sites for hydroxylation is 1. The summed E-state index contributed by atoms with van der Waals surface area (Å²) in [6.45, 7) is 0. The molecule has 1 aromatic heterocycles. The van der Waals surface area contributed by atoms with Crippen molar-refractivity contribution in [2.24, 2.45) is 0 Å². The molecule has 15 heavy (non-hydrogen) atoms. The molecule has 2 rings (SSSR count). The van der Waals surface area contributed by atoms with E-state index in [1.165, 1.54) is 0 Å². The molecule has 2 nitrogen and oxygen atoms in total. The second-order valence-electron chi connectivity index (χ2n) is 3.39. The van der Waals surface area contributed by atoms with E-state index in [0.29, 0.717) is 5.02 Å². The monoisotopic (exact) mass is 239 g/mol. The molecular formula is C11H11ClNOP. The minimum absolute atomic E-state index is 0.0711. The highest BCUT2D eigenvalue weighted by atomic mass is 35.5. The maximum atomic E-state index is 11.4. The van der Waals surface area contributed by atoms with Crippen LogP contribution in [0.1, 0.15) is 5.56 Å². The van der Waals surface area contributed by atoms with E-state index in [0.717, 1.165) is 29.0 Å². The Morgan fingerprint density at radius 1 is 1.33 bits per heavy atom. The summed E-state index contributed by atoms with van der Waals surface area (Å²) in [6.07, 6.45) is 1.83. The first-order chi connectivity index (χ1) is 7.20. The summed E-state index contributed by atoms with van der Waals surface area (Å²) in [7, 11) is 2.67. The predicted molar refractivity (Wildman–Crippen MR) is 67.9 cm³/mol. The van der Waals surface area contributed by atoms with Crippen molar-refractivity contribution in [1.29, 1.82) is 0 Å². The summed E-state index contributed by atoms with van der Waals surface area (Å²) in [5.41, 5.74) is 1.81. The van der Waals surface area contributed by atoms with E-state index in [9.17, 15) is 4.79 Å². The Bertz CT molecular complexity index is 550. The van der Waals surface area contributed by atoms with Gasteiger partial charge < -0.3 is 4.98 Å². The largest absolute Gasteiger partial charge is 0.322 e. The number of halogens is 1. The zero-order valence-electron chi connectivity index (χ0n) is 8.09. The van der Waals surface area contributed by atoms with Crippen LogP contribution in [0.5, 0.6) is 0 Å². The molecule has 1 aromatic carbocycles. The lowest BCUT2D eigenvalue weighted by Gasteiger charge is -2.04. The molecule has 0 aliphatic rings. The van der Waals surface area contributed by atoms with Crippen molar-refractivity contribution in [3.8, 4) is 0 Å². The Morgan fingerprint density at radius 3 is 2.87 bits per heavy atom. The fourth-order valence-corrected chi connectivity index (χ4v) is 2.15. The summed E-state index contributed by atoms with van der Waals surface area (Å²) in [5, 5.41) is 1.71. The van der Waals surface area contributed by atoms with Gasteiger partial charge in [-0.2, -0.15) is 0 Å². The van der Waals surface area contributed by atoms with E-state index in [1.54, 1.807) is 12.1 Å². The molecule has 4 heteroatoms. The molecule has 78 valence electrons. The molecule has 1 atom stereocenters. The molecule has 0 saturated carbocycles. The summed E-state index contributed by atoms with van der Waals surface area (Å²) in [6, 6.07) is 7.22. The predicted octanol–water partition coefficient (Wildman–Crippen LogP) is 2.60. The molecule has 0 saturated heterocycles. The molecule has 0 amide bonds. The molecular weight excluding hydrogens is 229 g/mol. The van der Waals surface area contributed by atoms with Gasteiger partial charge in [0.25, 0.3) is 0 Å². The normalized spacial score (nSPS) is 10.8. The van der Waals surface area contributed by atoms with Crippen LogP contribution >= 0.6 is 20.8 Å². The fraction of sp³-hybridized carbons (Fsp3) is 0.182. The number of aromatic nitrogens is 1. The van der Waals surface area contributed by atoms with Crippen molar-refractivity contribution >= 4 is 31.7 Å². The number of benzene rings is 1. The summed E-state index contributed by atoms with van der Waals surface area (Å²) < 4.78 is 0. The Balaban J connectivity index is 2.74. The molecule has 2 aromatic rings. The number of H-pyrrole nitrogens is 1. The van der Waals surface area contributed by atoms with Gasteiger partial charge in [-0.05, 0) is 30.3 Å².